The largest absolute Gasteiger partial charge is 0.325 e. The summed E-state index contributed by atoms with van der Waals surface area (Å²) >= 11 is 1.52. The zero-order valence-corrected chi connectivity index (χ0v) is 9.74. The second-order valence-electron chi connectivity index (χ2n) is 3.92. The van der Waals surface area contributed by atoms with Crippen LogP contribution in [0, 0.1) is 6.92 Å². The van der Waals surface area contributed by atoms with Gasteiger partial charge in [0.1, 0.15) is 10.7 Å². The molecule has 3 rings (SSSR count). The highest BCUT2D eigenvalue weighted by molar-refractivity contribution is 7.13. The molecule has 2 N–H and O–H groups in total. The summed E-state index contributed by atoms with van der Waals surface area (Å²) in [5, 5.41) is 18.0. The third-order valence-corrected chi connectivity index (χ3v) is 3.45. The zero-order valence-electron chi connectivity index (χ0n) is 8.92. The van der Waals surface area contributed by atoms with Gasteiger partial charge in [0.2, 0.25) is 5.13 Å². The summed E-state index contributed by atoms with van der Waals surface area (Å²) in [7, 11) is 0. The molecule has 0 spiro atoms. The molecule has 1 saturated carbocycles. The summed E-state index contributed by atoms with van der Waals surface area (Å²) in [5.74, 6) is 0.553. The van der Waals surface area contributed by atoms with E-state index < -0.39 is 0 Å². The lowest BCUT2D eigenvalue weighted by Gasteiger charge is -2.01. The molecule has 7 heteroatoms. The summed E-state index contributed by atoms with van der Waals surface area (Å²) < 4.78 is 1.80. The molecule has 16 heavy (non-hydrogen) atoms. The number of aryl methyl sites for hydroxylation is 1. The maximum absolute atomic E-state index is 5.66. The summed E-state index contributed by atoms with van der Waals surface area (Å²) in [5.41, 5.74) is 7.67. The van der Waals surface area contributed by atoms with E-state index in [2.05, 4.69) is 20.5 Å². The Balaban J connectivity index is 2.09. The molecular weight excluding hydrogens is 224 g/mol. The van der Waals surface area contributed by atoms with Gasteiger partial charge >= 0.3 is 0 Å². The van der Waals surface area contributed by atoms with Crippen LogP contribution in [-0.2, 0) is 6.54 Å². The highest BCUT2D eigenvalue weighted by Gasteiger charge is 2.32. The molecule has 0 amide bonds. The van der Waals surface area contributed by atoms with E-state index in [9.17, 15) is 0 Å². The Morgan fingerprint density at radius 1 is 1.38 bits per heavy atom. The van der Waals surface area contributed by atoms with E-state index >= 15 is 0 Å². The molecule has 0 unspecified atom stereocenters. The number of hydrogen-bond donors (Lipinski definition) is 1. The van der Waals surface area contributed by atoms with Gasteiger partial charge in [-0.2, -0.15) is 4.68 Å². The van der Waals surface area contributed by atoms with Crippen LogP contribution in [0.2, 0.25) is 0 Å². The van der Waals surface area contributed by atoms with Crippen LogP contribution in [0.15, 0.2) is 0 Å². The lowest BCUT2D eigenvalue weighted by Crippen LogP contribution is -2.04. The van der Waals surface area contributed by atoms with Gasteiger partial charge in [0.05, 0.1) is 5.69 Å². The van der Waals surface area contributed by atoms with Gasteiger partial charge in [-0.05, 0) is 19.8 Å². The summed E-state index contributed by atoms with van der Waals surface area (Å²) in [6.45, 7) is 2.36. The number of aromatic nitrogens is 5. The van der Waals surface area contributed by atoms with Crippen LogP contribution in [0.5, 0.6) is 0 Å². The fraction of sp³-hybridized carbons (Fsp3) is 0.556. The topological polar surface area (TPSA) is 82.5 Å². The maximum atomic E-state index is 5.66. The van der Waals surface area contributed by atoms with Gasteiger partial charge in [0.15, 0.2) is 0 Å². The molecule has 6 nitrogen and oxygen atoms in total. The lowest BCUT2D eigenvalue weighted by molar-refractivity contribution is 0.747. The molecule has 0 saturated heterocycles. The Morgan fingerprint density at radius 2 is 2.19 bits per heavy atom. The van der Waals surface area contributed by atoms with Crippen molar-refractivity contribution in [1.29, 1.82) is 0 Å². The summed E-state index contributed by atoms with van der Waals surface area (Å²) in [6.07, 6.45) is 2.39. The molecule has 1 aliphatic rings. The molecule has 0 radical (unpaired) electrons. The summed E-state index contributed by atoms with van der Waals surface area (Å²) in [4.78, 5) is 0. The molecule has 1 aliphatic carbocycles. The van der Waals surface area contributed by atoms with Crippen molar-refractivity contribution >= 4 is 11.3 Å². The predicted molar refractivity (Wildman–Crippen MR) is 59.4 cm³/mol. The number of nitrogens with zero attached hydrogens (tertiary/aromatic N) is 5. The average Bonchev–Trinajstić information content (AvgIpc) is 2.88. The van der Waals surface area contributed by atoms with Crippen LogP contribution in [0.4, 0.5) is 0 Å². The molecule has 0 atom stereocenters. The van der Waals surface area contributed by atoms with Crippen LogP contribution in [0.25, 0.3) is 5.13 Å². The van der Waals surface area contributed by atoms with Gasteiger partial charge in [-0.3, -0.25) is 0 Å². The Kier molecular flexibility index (Phi) is 2.22. The Morgan fingerprint density at radius 3 is 2.75 bits per heavy atom. The SMILES string of the molecule is Cc1nnc(-n2nnc(CN)c2C2CC2)s1. The van der Waals surface area contributed by atoms with Gasteiger partial charge in [-0.1, -0.05) is 16.6 Å². The maximum Gasteiger partial charge on any atom is 0.234 e. The van der Waals surface area contributed by atoms with E-state index in [0.717, 1.165) is 21.5 Å². The molecule has 2 aromatic heterocycles. The Bertz CT molecular complexity index is 512. The molecule has 2 aromatic rings. The van der Waals surface area contributed by atoms with Crippen molar-refractivity contribution in [2.75, 3.05) is 0 Å². The monoisotopic (exact) mass is 236 g/mol. The first-order valence-electron chi connectivity index (χ1n) is 5.24. The highest BCUT2D eigenvalue weighted by Crippen LogP contribution is 2.41. The first kappa shape index (κ1) is 9.86. The molecule has 0 aromatic carbocycles. The number of rotatable bonds is 3. The van der Waals surface area contributed by atoms with Crippen LogP contribution in [0.3, 0.4) is 0 Å². The first-order valence-corrected chi connectivity index (χ1v) is 6.06. The van der Waals surface area contributed by atoms with Crippen molar-refractivity contribution in [3.8, 4) is 5.13 Å². The Labute approximate surface area is 96.5 Å². The van der Waals surface area contributed by atoms with Crippen molar-refractivity contribution in [3.63, 3.8) is 0 Å². The lowest BCUT2D eigenvalue weighted by atomic mass is 10.2. The quantitative estimate of drug-likeness (QED) is 0.850. The molecule has 2 heterocycles. The van der Waals surface area contributed by atoms with Crippen LogP contribution < -0.4 is 5.73 Å². The molecule has 1 fully saturated rings. The van der Waals surface area contributed by atoms with Gasteiger partial charge in [0, 0.05) is 12.5 Å². The van der Waals surface area contributed by atoms with Gasteiger partial charge < -0.3 is 5.73 Å². The van der Waals surface area contributed by atoms with Gasteiger partial charge in [-0.15, -0.1) is 15.3 Å². The van der Waals surface area contributed by atoms with Crippen LogP contribution in [-0.4, -0.2) is 25.2 Å². The minimum Gasteiger partial charge on any atom is -0.325 e. The fourth-order valence-electron chi connectivity index (χ4n) is 1.74. The van der Waals surface area contributed by atoms with Crippen molar-refractivity contribution in [2.24, 2.45) is 5.73 Å². The third kappa shape index (κ3) is 1.52. The van der Waals surface area contributed by atoms with Crippen LogP contribution >= 0.6 is 11.3 Å². The van der Waals surface area contributed by atoms with Crippen LogP contribution in [0.1, 0.15) is 35.2 Å². The first-order chi connectivity index (χ1) is 7.79. The molecule has 84 valence electrons. The van der Waals surface area contributed by atoms with E-state index in [0.29, 0.717) is 12.5 Å². The van der Waals surface area contributed by atoms with Gasteiger partial charge in [-0.25, -0.2) is 0 Å². The van der Waals surface area contributed by atoms with Crippen molar-refractivity contribution in [1.82, 2.24) is 25.2 Å². The average molecular weight is 236 g/mol. The van der Waals surface area contributed by atoms with Crippen molar-refractivity contribution in [2.45, 2.75) is 32.2 Å². The second-order valence-corrected chi connectivity index (χ2v) is 5.08. The fourth-order valence-corrected chi connectivity index (χ4v) is 2.39. The third-order valence-electron chi connectivity index (χ3n) is 2.63. The predicted octanol–water partition coefficient (Wildman–Crippen LogP) is 0.763. The zero-order chi connectivity index (χ0) is 11.1. The van der Waals surface area contributed by atoms with Gasteiger partial charge in [0.25, 0.3) is 0 Å². The minimum atomic E-state index is 0.434. The van der Waals surface area contributed by atoms with E-state index in [-0.39, 0.29) is 0 Å². The normalized spacial score (nSPS) is 15.6. The Hall–Kier alpha value is -1.34. The van der Waals surface area contributed by atoms with E-state index in [4.69, 9.17) is 5.73 Å². The summed E-state index contributed by atoms with van der Waals surface area (Å²) in [6, 6.07) is 0. The van der Waals surface area contributed by atoms with E-state index in [1.54, 1.807) is 4.68 Å². The number of nitrogens with two attached hydrogens (primary N) is 1. The molecule has 0 aliphatic heterocycles. The second kappa shape index (κ2) is 3.60. The molecular formula is C9H12N6S. The van der Waals surface area contributed by atoms with E-state index in [1.807, 2.05) is 6.92 Å². The standard InChI is InChI=1S/C9H12N6S/c1-5-11-13-9(16-5)15-8(6-2-3-6)7(4-10)12-14-15/h6H,2-4,10H2,1H3. The minimum absolute atomic E-state index is 0.434. The van der Waals surface area contributed by atoms with Crippen molar-refractivity contribution < 1.29 is 0 Å². The highest BCUT2D eigenvalue weighted by atomic mass is 32.1. The molecule has 0 bridgehead atoms. The number of hydrogen-bond acceptors (Lipinski definition) is 6. The van der Waals surface area contributed by atoms with E-state index in [1.165, 1.54) is 24.2 Å². The van der Waals surface area contributed by atoms with Crippen molar-refractivity contribution in [3.05, 3.63) is 16.4 Å². The smallest absolute Gasteiger partial charge is 0.234 e.